The van der Waals surface area contributed by atoms with Crippen LogP contribution in [0.5, 0.6) is 5.75 Å². The fourth-order valence-electron chi connectivity index (χ4n) is 3.90. The molecule has 1 fully saturated rings. The highest BCUT2D eigenvalue weighted by molar-refractivity contribution is 6.06. The number of nitrogen functional groups attached to an aromatic ring is 1. The number of nitrogens with two attached hydrogens (primary N) is 1. The highest BCUT2D eigenvalue weighted by atomic mass is 16.5. The quantitative estimate of drug-likeness (QED) is 0.569. The first kappa shape index (κ1) is 21.8. The number of ether oxygens (including phenoxy) is 1. The predicted octanol–water partition coefficient (Wildman–Crippen LogP) is 2.65. The van der Waals surface area contributed by atoms with Crippen molar-refractivity contribution >= 4 is 28.5 Å². The molecule has 0 atom stereocenters. The largest absolute Gasteiger partial charge is 0.490 e. The van der Waals surface area contributed by atoms with Gasteiger partial charge >= 0.3 is 5.97 Å². The number of anilines is 1. The second-order valence-electron chi connectivity index (χ2n) is 8.61. The Labute approximate surface area is 175 Å². The molecule has 162 valence electrons. The number of hydrogen-bond donors (Lipinski definition) is 4. The van der Waals surface area contributed by atoms with Gasteiger partial charge in [0.15, 0.2) is 0 Å². The summed E-state index contributed by atoms with van der Waals surface area (Å²) in [4.78, 5) is 28.5. The van der Waals surface area contributed by atoms with Crippen molar-refractivity contribution in [2.45, 2.75) is 58.1 Å². The lowest BCUT2D eigenvalue weighted by Gasteiger charge is -2.31. The molecular weight excluding hydrogens is 386 g/mol. The van der Waals surface area contributed by atoms with Gasteiger partial charge in [0.2, 0.25) is 5.91 Å². The number of benzene rings is 1. The van der Waals surface area contributed by atoms with E-state index in [-0.39, 0.29) is 35.8 Å². The van der Waals surface area contributed by atoms with E-state index in [1.54, 1.807) is 25.1 Å². The van der Waals surface area contributed by atoms with Crippen LogP contribution >= 0.6 is 0 Å². The summed E-state index contributed by atoms with van der Waals surface area (Å²) >= 11 is 0. The minimum Gasteiger partial charge on any atom is -0.490 e. The lowest BCUT2D eigenvalue weighted by Crippen LogP contribution is -2.50. The Kier molecular flexibility index (Phi) is 6.17. The maximum absolute atomic E-state index is 12.6. The van der Waals surface area contributed by atoms with E-state index in [0.717, 1.165) is 0 Å². The lowest BCUT2D eigenvalue weighted by atomic mass is 9.86. The normalized spacial score (nSPS) is 19.5. The molecule has 5 N–H and O–H groups in total. The average molecular weight is 415 g/mol. The zero-order chi connectivity index (χ0) is 22.1. The molecule has 0 aliphatic heterocycles. The number of aryl methyl sites for hydroxylation is 1. The number of fused-ring (bicyclic) bond motifs is 1. The first-order chi connectivity index (χ1) is 14.1. The molecule has 0 spiro atoms. The summed E-state index contributed by atoms with van der Waals surface area (Å²) in [6.07, 6.45) is 2.32. The van der Waals surface area contributed by atoms with Gasteiger partial charge in [-0.05, 0) is 58.6 Å². The molecule has 1 amide bonds. The molecule has 8 heteroatoms. The molecule has 1 aliphatic carbocycles. The number of hydrogen-bond acceptors (Lipinski definition) is 6. The fraction of sp³-hybridized carbons (Fsp3) is 0.500. The minimum absolute atomic E-state index is 0.0365. The van der Waals surface area contributed by atoms with Crippen LogP contribution in [-0.4, -0.2) is 45.3 Å². The Morgan fingerprint density at radius 3 is 2.57 bits per heavy atom. The van der Waals surface area contributed by atoms with Gasteiger partial charge in [-0.15, -0.1) is 0 Å². The van der Waals surface area contributed by atoms with E-state index in [0.29, 0.717) is 48.0 Å². The second kappa shape index (κ2) is 8.47. The van der Waals surface area contributed by atoms with Gasteiger partial charge in [-0.25, -0.2) is 4.79 Å². The van der Waals surface area contributed by atoms with Crippen molar-refractivity contribution in [3.8, 4) is 5.75 Å². The third-order valence-corrected chi connectivity index (χ3v) is 5.52. The Balaban J connectivity index is 1.76. The van der Waals surface area contributed by atoms with Gasteiger partial charge in [0, 0.05) is 5.92 Å². The maximum Gasteiger partial charge on any atom is 0.339 e. The molecule has 1 aliphatic rings. The van der Waals surface area contributed by atoms with Crippen molar-refractivity contribution in [3.63, 3.8) is 0 Å². The van der Waals surface area contributed by atoms with Crippen molar-refractivity contribution < 1.29 is 24.5 Å². The van der Waals surface area contributed by atoms with Crippen LogP contribution in [0.25, 0.3) is 10.9 Å². The maximum atomic E-state index is 12.6. The molecular formula is C22H29N3O5. The Bertz CT molecular complexity index is 965. The Hall–Kier alpha value is -2.87. The number of aromatic carboxylic acids is 1. The standard InChI is InChI=1S/C22H29N3O5/c1-12-17(21(28)29)19(23)18-15(24-12)5-4-6-16(18)30-11-22(2,3)25-20(27)13-7-9-14(26)10-8-13/h4-6,13-14,26H,7-11H2,1-3H3,(H2,23,24)(H,25,27)(H,28,29). The summed E-state index contributed by atoms with van der Waals surface area (Å²) in [5, 5.41) is 22.6. The third kappa shape index (κ3) is 4.64. The number of aromatic nitrogens is 1. The van der Waals surface area contributed by atoms with Gasteiger partial charge in [0.1, 0.15) is 17.9 Å². The van der Waals surface area contributed by atoms with E-state index >= 15 is 0 Å². The van der Waals surface area contributed by atoms with Crippen molar-refractivity contribution in [2.24, 2.45) is 5.92 Å². The zero-order valence-corrected chi connectivity index (χ0v) is 17.6. The van der Waals surface area contributed by atoms with E-state index in [1.165, 1.54) is 0 Å². The number of carbonyl (C=O) groups is 2. The van der Waals surface area contributed by atoms with Crippen molar-refractivity contribution in [2.75, 3.05) is 12.3 Å². The molecule has 1 aromatic carbocycles. The number of carboxylic acids is 1. The molecule has 3 rings (SSSR count). The number of amides is 1. The summed E-state index contributed by atoms with van der Waals surface area (Å²) in [5.74, 6) is -0.868. The van der Waals surface area contributed by atoms with Gasteiger partial charge in [0.25, 0.3) is 0 Å². The summed E-state index contributed by atoms with van der Waals surface area (Å²) in [5.41, 5.74) is 6.48. The van der Waals surface area contributed by atoms with E-state index in [2.05, 4.69) is 10.3 Å². The van der Waals surface area contributed by atoms with Gasteiger partial charge < -0.3 is 26.0 Å². The topological polar surface area (TPSA) is 135 Å². The molecule has 8 nitrogen and oxygen atoms in total. The SMILES string of the molecule is Cc1nc2cccc(OCC(C)(C)NC(=O)C3CCC(O)CC3)c2c(N)c1C(=O)O. The van der Waals surface area contributed by atoms with Crippen LogP contribution < -0.4 is 15.8 Å². The van der Waals surface area contributed by atoms with E-state index in [9.17, 15) is 19.8 Å². The van der Waals surface area contributed by atoms with E-state index in [1.807, 2.05) is 13.8 Å². The average Bonchev–Trinajstić information content (AvgIpc) is 2.66. The molecule has 0 unspecified atom stereocenters. The molecule has 0 radical (unpaired) electrons. The van der Waals surface area contributed by atoms with Crippen LogP contribution in [0.2, 0.25) is 0 Å². The number of aliphatic hydroxyl groups excluding tert-OH is 1. The molecule has 1 aromatic heterocycles. The van der Waals surface area contributed by atoms with Crippen LogP contribution in [0.1, 0.15) is 55.6 Å². The number of pyridine rings is 1. The first-order valence-corrected chi connectivity index (χ1v) is 10.1. The highest BCUT2D eigenvalue weighted by Crippen LogP contribution is 2.34. The highest BCUT2D eigenvalue weighted by Gasteiger charge is 2.30. The molecule has 1 heterocycles. The Morgan fingerprint density at radius 2 is 1.93 bits per heavy atom. The monoisotopic (exact) mass is 415 g/mol. The second-order valence-corrected chi connectivity index (χ2v) is 8.61. The molecule has 2 aromatic rings. The van der Waals surface area contributed by atoms with Crippen LogP contribution in [0.3, 0.4) is 0 Å². The number of rotatable bonds is 6. The lowest BCUT2D eigenvalue weighted by molar-refractivity contribution is -0.128. The predicted molar refractivity (Wildman–Crippen MR) is 114 cm³/mol. The van der Waals surface area contributed by atoms with Crippen LogP contribution in [0, 0.1) is 12.8 Å². The number of carboxylic acid groups (broad SMARTS) is 1. The number of nitrogens with zero attached hydrogens (tertiary/aromatic N) is 1. The smallest absolute Gasteiger partial charge is 0.339 e. The number of carbonyl (C=O) groups excluding carboxylic acids is 1. The van der Waals surface area contributed by atoms with Gasteiger partial charge in [-0.1, -0.05) is 6.07 Å². The summed E-state index contributed by atoms with van der Waals surface area (Å²) in [7, 11) is 0. The Morgan fingerprint density at radius 1 is 1.27 bits per heavy atom. The van der Waals surface area contributed by atoms with Crippen LogP contribution in [0.15, 0.2) is 18.2 Å². The van der Waals surface area contributed by atoms with E-state index < -0.39 is 11.5 Å². The minimum atomic E-state index is -1.14. The summed E-state index contributed by atoms with van der Waals surface area (Å²) in [6, 6.07) is 5.23. The summed E-state index contributed by atoms with van der Waals surface area (Å²) < 4.78 is 5.98. The summed E-state index contributed by atoms with van der Waals surface area (Å²) in [6.45, 7) is 5.50. The first-order valence-electron chi connectivity index (χ1n) is 10.1. The van der Waals surface area contributed by atoms with Crippen LogP contribution in [-0.2, 0) is 4.79 Å². The van der Waals surface area contributed by atoms with Gasteiger partial charge in [-0.2, -0.15) is 0 Å². The molecule has 0 saturated heterocycles. The molecule has 30 heavy (non-hydrogen) atoms. The number of aliphatic hydroxyl groups is 1. The fourth-order valence-corrected chi connectivity index (χ4v) is 3.90. The van der Waals surface area contributed by atoms with Gasteiger partial charge in [-0.3, -0.25) is 9.78 Å². The third-order valence-electron chi connectivity index (χ3n) is 5.52. The van der Waals surface area contributed by atoms with Crippen molar-refractivity contribution in [1.82, 2.24) is 10.3 Å². The molecule has 0 bridgehead atoms. The number of nitrogens with one attached hydrogen (secondary N) is 1. The van der Waals surface area contributed by atoms with Crippen LogP contribution in [0.4, 0.5) is 5.69 Å². The van der Waals surface area contributed by atoms with Crippen molar-refractivity contribution in [1.29, 1.82) is 0 Å². The van der Waals surface area contributed by atoms with Gasteiger partial charge in [0.05, 0.1) is 33.9 Å². The van der Waals surface area contributed by atoms with E-state index in [4.69, 9.17) is 10.5 Å². The van der Waals surface area contributed by atoms with Crippen molar-refractivity contribution in [3.05, 3.63) is 29.5 Å². The zero-order valence-electron chi connectivity index (χ0n) is 17.6. The molecule has 1 saturated carbocycles.